The normalized spacial score (nSPS) is 23.1. The highest BCUT2D eigenvalue weighted by atomic mass is 16.3. The molecular formula is C14H20N2O3. The van der Waals surface area contributed by atoms with Crippen LogP contribution >= 0.6 is 0 Å². The molecule has 1 aliphatic carbocycles. The second kappa shape index (κ2) is 6.02. The topological polar surface area (TPSA) is 82.2 Å². The van der Waals surface area contributed by atoms with E-state index < -0.39 is 0 Å². The van der Waals surface area contributed by atoms with Crippen molar-refractivity contribution in [1.82, 2.24) is 10.3 Å². The number of carbonyl (C=O) groups is 1. The van der Waals surface area contributed by atoms with Crippen molar-refractivity contribution in [2.24, 2.45) is 5.92 Å². The van der Waals surface area contributed by atoms with E-state index in [1.807, 2.05) is 0 Å². The third-order valence-corrected chi connectivity index (χ3v) is 3.70. The van der Waals surface area contributed by atoms with Gasteiger partial charge in [-0.05, 0) is 43.7 Å². The molecule has 1 amide bonds. The molecule has 1 fully saturated rings. The molecule has 0 saturated heterocycles. The number of hydrogen-bond acceptors (Lipinski definition) is 3. The van der Waals surface area contributed by atoms with E-state index in [1.165, 1.54) is 6.20 Å². The lowest BCUT2D eigenvalue weighted by Gasteiger charge is -2.25. The van der Waals surface area contributed by atoms with Crippen LogP contribution in [0.1, 0.15) is 41.6 Å². The first-order valence-electron chi connectivity index (χ1n) is 6.72. The van der Waals surface area contributed by atoms with E-state index in [1.54, 1.807) is 13.0 Å². The van der Waals surface area contributed by atoms with Crippen molar-refractivity contribution in [2.45, 2.75) is 38.7 Å². The molecule has 1 aliphatic rings. The molecule has 2 unspecified atom stereocenters. The number of H-pyrrole nitrogens is 1. The number of aliphatic hydroxyl groups is 1. The van der Waals surface area contributed by atoms with Crippen LogP contribution in [0.2, 0.25) is 0 Å². The number of aromatic nitrogens is 1. The summed E-state index contributed by atoms with van der Waals surface area (Å²) in [6.45, 7) is 2.26. The van der Waals surface area contributed by atoms with Gasteiger partial charge in [-0.2, -0.15) is 0 Å². The summed E-state index contributed by atoms with van der Waals surface area (Å²) in [4.78, 5) is 26.2. The highest BCUT2D eigenvalue weighted by Gasteiger charge is 2.21. The highest BCUT2D eigenvalue weighted by molar-refractivity contribution is 5.95. The summed E-state index contributed by atoms with van der Waals surface area (Å²) in [7, 11) is 0. The van der Waals surface area contributed by atoms with Crippen LogP contribution in [-0.2, 0) is 0 Å². The molecule has 2 atom stereocenters. The maximum atomic E-state index is 12.0. The van der Waals surface area contributed by atoms with Crippen molar-refractivity contribution in [1.29, 1.82) is 0 Å². The summed E-state index contributed by atoms with van der Waals surface area (Å²) in [5.74, 6) is -0.0322. The largest absolute Gasteiger partial charge is 0.393 e. The van der Waals surface area contributed by atoms with Gasteiger partial charge in [-0.3, -0.25) is 9.59 Å². The van der Waals surface area contributed by atoms with Crippen LogP contribution in [0.4, 0.5) is 0 Å². The number of aryl methyl sites for hydroxylation is 1. The number of amides is 1. The van der Waals surface area contributed by atoms with Crippen LogP contribution in [0.5, 0.6) is 0 Å². The SMILES string of the molecule is Cc1cc[nH]c(=O)c1C(=O)NCC1CCCC(O)C1. The van der Waals surface area contributed by atoms with Crippen LogP contribution in [0.3, 0.4) is 0 Å². The molecule has 0 spiro atoms. The van der Waals surface area contributed by atoms with Gasteiger partial charge in [-0.1, -0.05) is 6.42 Å². The molecule has 0 radical (unpaired) electrons. The molecule has 19 heavy (non-hydrogen) atoms. The highest BCUT2D eigenvalue weighted by Crippen LogP contribution is 2.23. The quantitative estimate of drug-likeness (QED) is 0.760. The van der Waals surface area contributed by atoms with Gasteiger partial charge in [0.15, 0.2) is 0 Å². The Morgan fingerprint density at radius 2 is 2.32 bits per heavy atom. The molecule has 0 aromatic carbocycles. The van der Waals surface area contributed by atoms with Crippen LogP contribution in [0.25, 0.3) is 0 Å². The zero-order valence-electron chi connectivity index (χ0n) is 11.1. The predicted octanol–water partition coefficient (Wildman–Crippen LogP) is 0.964. The average Bonchev–Trinajstić information content (AvgIpc) is 2.36. The maximum absolute atomic E-state index is 12.0. The molecule has 0 bridgehead atoms. The minimum Gasteiger partial charge on any atom is -0.393 e. The zero-order chi connectivity index (χ0) is 13.8. The minimum absolute atomic E-state index is 0.179. The van der Waals surface area contributed by atoms with Crippen LogP contribution in [0, 0.1) is 12.8 Å². The van der Waals surface area contributed by atoms with Gasteiger partial charge in [0.05, 0.1) is 6.10 Å². The zero-order valence-corrected chi connectivity index (χ0v) is 11.1. The maximum Gasteiger partial charge on any atom is 0.261 e. The van der Waals surface area contributed by atoms with Crippen molar-refractivity contribution >= 4 is 5.91 Å². The number of aliphatic hydroxyl groups excluding tert-OH is 1. The van der Waals surface area contributed by atoms with E-state index >= 15 is 0 Å². The Morgan fingerprint density at radius 3 is 3.00 bits per heavy atom. The molecule has 5 nitrogen and oxygen atoms in total. The van der Waals surface area contributed by atoms with E-state index in [9.17, 15) is 14.7 Å². The Hall–Kier alpha value is -1.62. The van der Waals surface area contributed by atoms with Gasteiger partial charge in [0, 0.05) is 12.7 Å². The Morgan fingerprint density at radius 1 is 1.53 bits per heavy atom. The van der Waals surface area contributed by atoms with E-state index in [-0.39, 0.29) is 23.1 Å². The van der Waals surface area contributed by atoms with Crippen molar-refractivity contribution in [3.63, 3.8) is 0 Å². The fourth-order valence-corrected chi connectivity index (χ4v) is 2.63. The molecule has 1 saturated carbocycles. The first-order chi connectivity index (χ1) is 9.08. The number of nitrogens with one attached hydrogen (secondary N) is 2. The van der Waals surface area contributed by atoms with E-state index in [0.717, 1.165) is 25.7 Å². The van der Waals surface area contributed by atoms with Crippen molar-refractivity contribution in [3.05, 3.63) is 33.7 Å². The molecule has 1 heterocycles. The first-order valence-corrected chi connectivity index (χ1v) is 6.72. The monoisotopic (exact) mass is 264 g/mol. The summed E-state index contributed by atoms with van der Waals surface area (Å²) >= 11 is 0. The fourth-order valence-electron chi connectivity index (χ4n) is 2.63. The Labute approximate surface area is 112 Å². The predicted molar refractivity (Wildman–Crippen MR) is 72.1 cm³/mol. The van der Waals surface area contributed by atoms with Crippen LogP contribution in [0.15, 0.2) is 17.1 Å². The lowest BCUT2D eigenvalue weighted by Crippen LogP contribution is -2.36. The van der Waals surface area contributed by atoms with Crippen LogP contribution in [-0.4, -0.2) is 28.6 Å². The summed E-state index contributed by atoms with van der Waals surface area (Å²) in [5, 5.41) is 12.4. The van der Waals surface area contributed by atoms with Gasteiger partial charge in [-0.25, -0.2) is 0 Å². The van der Waals surface area contributed by atoms with Gasteiger partial charge < -0.3 is 15.4 Å². The van der Waals surface area contributed by atoms with Gasteiger partial charge in [-0.15, -0.1) is 0 Å². The molecule has 104 valence electrons. The molecule has 5 heteroatoms. The third kappa shape index (κ3) is 3.44. The lowest BCUT2D eigenvalue weighted by molar-refractivity contribution is 0.0872. The minimum atomic E-state index is -0.360. The molecule has 1 aromatic heterocycles. The average molecular weight is 264 g/mol. The molecular weight excluding hydrogens is 244 g/mol. The van der Waals surface area contributed by atoms with Gasteiger partial charge in [0.1, 0.15) is 5.56 Å². The summed E-state index contributed by atoms with van der Waals surface area (Å²) in [5.41, 5.74) is 0.491. The van der Waals surface area contributed by atoms with Crippen molar-refractivity contribution in [3.8, 4) is 0 Å². The Balaban J connectivity index is 1.96. The fraction of sp³-hybridized carbons (Fsp3) is 0.571. The van der Waals surface area contributed by atoms with E-state index in [2.05, 4.69) is 10.3 Å². The van der Waals surface area contributed by atoms with Crippen molar-refractivity contribution in [2.75, 3.05) is 6.54 Å². The first kappa shape index (κ1) is 13.8. The van der Waals surface area contributed by atoms with Crippen LogP contribution < -0.4 is 10.9 Å². The standard InChI is InChI=1S/C14H20N2O3/c1-9-5-6-15-13(18)12(9)14(19)16-8-10-3-2-4-11(17)7-10/h5-6,10-11,17H,2-4,7-8H2,1H3,(H,15,18)(H,16,19). The molecule has 2 rings (SSSR count). The number of pyridine rings is 1. The second-order valence-electron chi connectivity index (χ2n) is 5.26. The molecule has 0 aliphatic heterocycles. The molecule has 3 N–H and O–H groups in total. The Kier molecular flexibility index (Phi) is 4.37. The summed E-state index contributed by atoms with van der Waals surface area (Å²) < 4.78 is 0. The number of hydrogen-bond donors (Lipinski definition) is 3. The molecule has 1 aromatic rings. The van der Waals surface area contributed by atoms with E-state index in [0.29, 0.717) is 18.0 Å². The second-order valence-corrected chi connectivity index (χ2v) is 5.26. The summed E-state index contributed by atoms with van der Waals surface area (Å²) in [6, 6.07) is 1.71. The smallest absolute Gasteiger partial charge is 0.261 e. The number of carbonyl (C=O) groups excluding carboxylic acids is 1. The lowest BCUT2D eigenvalue weighted by atomic mass is 9.87. The van der Waals surface area contributed by atoms with Gasteiger partial charge in [0.25, 0.3) is 11.5 Å². The number of rotatable bonds is 3. The van der Waals surface area contributed by atoms with Gasteiger partial charge in [0.2, 0.25) is 0 Å². The third-order valence-electron chi connectivity index (χ3n) is 3.70. The Bertz CT molecular complexity index is 510. The van der Waals surface area contributed by atoms with E-state index in [4.69, 9.17) is 0 Å². The van der Waals surface area contributed by atoms with Crippen molar-refractivity contribution < 1.29 is 9.90 Å². The van der Waals surface area contributed by atoms with Gasteiger partial charge >= 0.3 is 0 Å². The summed E-state index contributed by atoms with van der Waals surface area (Å²) in [6.07, 6.45) is 4.87. The number of aromatic amines is 1.